The van der Waals surface area contributed by atoms with E-state index in [-0.39, 0.29) is 6.03 Å². The predicted molar refractivity (Wildman–Crippen MR) is 100 cm³/mol. The zero-order valence-electron chi connectivity index (χ0n) is 15.0. The molecule has 0 unspecified atom stereocenters. The van der Waals surface area contributed by atoms with E-state index in [1.54, 1.807) is 30.7 Å². The Balaban J connectivity index is 1.53. The number of carbonyl (C=O) groups is 1. The third-order valence-corrected chi connectivity index (χ3v) is 4.64. The molecule has 0 bridgehead atoms. The van der Waals surface area contributed by atoms with Crippen molar-refractivity contribution in [3.05, 3.63) is 42.6 Å². The average molecular weight is 355 g/mol. The lowest BCUT2D eigenvalue weighted by Gasteiger charge is -2.26. The Hall–Kier alpha value is -2.74. The van der Waals surface area contributed by atoms with Crippen LogP contribution in [0, 0.1) is 0 Å². The van der Waals surface area contributed by atoms with Crippen molar-refractivity contribution in [1.82, 2.24) is 24.8 Å². The number of hydrogen-bond donors (Lipinski definition) is 2. The largest absolute Gasteiger partial charge is 0.384 e. The Labute approximate surface area is 153 Å². The maximum Gasteiger partial charge on any atom is 0.321 e. The summed E-state index contributed by atoms with van der Waals surface area (Å²) >= 11 is 0. The van der Waals surface area contributed by atoms with Crippen LogP contribution in [-0.4, -0.2) is 57.0 Å². The molecule has 3 heterocycles. The number of likely N-dealkylation sites (tertiary alicyclic amines) is 1. The number of nitrogens with two attached hydrogens (primary N) is 1. The van der Waals surface area contributed by atoms with Crippen LogP contribution in [-0.2, 0) is 6.54 Å². The topological polar surface area (TPSA) is 100 Å². The highest BCUT2D eigenvalue weighted by atomic mass is 16.2. The quantitative estimate of drug-likeness (QED) is 0.870. The lowest BCUT2D eigenvalue weighted by Crippen LogP contribution is -2.37. The molecule has 8 heteroatoms. The predicted octanol–water partition coefficient (Wildman–Crippen LogP) is 1.97. The van der Waals surface area contributed by atoms with Gasteiger partial charge in [0, 0.05) is 31.5 Å². The van der Waals surface area contributed by atoms with Gasteiger partial charge in [-0.3, -0.25) is 9.88 Å². The van der Waals surface area contributed by atoms with Gasteiger partial charge in [0.05, 0.1) is 18.4 Å². The Kier molecular flexibility index (Phi) is 5.96. The van der Waals surface area contributed by atoms with Crippen LogP contribution in [0.15, 0.2) is 36.8 Å². The monoisotopic (exact) mass is 355 g/mol. The summed E-state index contributed by atoms with van der Waals surface area (Å²) in [7, 11) is 2.07. The molecule has 2 amide bonds. The van der Waals surface area contributed by atoms with Gasteiger partial charge in [0.25, 0.3) is 0 Å². The van der Waals surface area contributed by atoms with Crippen LogP contribution in [0.5, 0.6) is 0 Å². The smallest absolute Gasteiger partial charge is 0.321 e. The molecule has 0 radical (unpaired) electrons. The average Bonchev–Trinajstić information content (AvgIpc) is 2.89. The molecule has 0 spiro atoms. The number of pyridine rings is 1. The van der Waals surface area contributed by atoms with Gasteiger partial charge >= 0.3 is 6.03 Å². The molecule has 1 aliphatic heterocycles. The minimum absolute atomic E-state index is 0.0690. The first-order chi connectivity index (χ1) is 12.6. The lowest BCUT2D eigenvalue weighted by atomic mass is 10.1. The number of hydrogen-bond acceptors (Lipinski definition) is 6. The Bertz CT molecular complexity index is 724. The van der Waals surface area contributed by atoms with Crippen molar-refractivity contribution in [2.75, 3.05) is 31.2 Å². The molecule has 1 saturated heterocycles. The summed E-state index contributed by atoms with van der Waals surface area (Å²) in [5.41, 5.74) is 6.44. The zero-order valence-corrected chi connectivity index (χ0v) is 15.0. The van der Waals surface area contributed by atoms with Crippen molar-refractivity contribution in [2.45, 2.75) is 31.8 Å². The molecule has 8 nitrogen and oxygen atoms in total. The van der Waals surface area contributed by atoms with Crippen molar-refractivity contribution >= 4 is 17.5 Å². The van der Waals surface area contributed by atoms with Gasteiger partial charge < -0.3 is 16.0 Å². The summed E-state index contributed by atoms with van der Waals surface area (Å²) in [6.45, 7) is 2.13. The first-order valence-corrected chi connectivity index (χ1v) is 8.85. The Morgan fingerprint density at radius 3 is 3.00 bits per heavy atom. The summed E-state index contributed by atoms with van der Waals surface area (Å²) in [6.07, 6.45) is 7.94. The zero-order chi connectivity index (χ0) is 18.4. The van der Waals surface area contributed by atoms with Crippen LogP contribution >= 0.6 is 0 Å². The number of rotatable bonds is 4. The van der Waals surface area contributed by atoms with Gasteiger partial charge in [-0.25, -0.2) is 14.8 Å². The molecule has 0 aliphatic carbocycles. The van der Waals surface area contributed by atoms with Gasteiger partial charge in [-0.2, -0.15) is 0 Å². The second-order valence-electron chi connectivity index (χ2n) is 6.56. The minimum Gasteiger partial charge on any atom is -0.384 e. The molecule has 138 valence electrons. The normalized spacial score (nSPS) is 17.8. The van der Waals surface area contributed by atoms with Crippen LogP contribution in [0.2, 0.25) is 0 Å². The van der Waals surface area contributed by atoms with E-state index in [2.05, 4.69) is 32.2 Å². The second kappa shape index (κ2) is 8.57. The van der Waals surface area contributed by atoms with Crippen LogP contribution in [0.25, 0.3) is 0 Å². The molecule has 26 heavy (non-hydrogen) atoms. The van der Waals surface area contributed by atoms with Crippen molar-refractivity contribution in [3.63, 3.8) is 0 Å². The lowest BCUT2D eigenvalue weighted by molar-refractivity contribution is 0.199. The highest BCUT2D eigenvalue weighted by molar-refractivity contribution is 5.89. The van der Waals surface area contributed by atoms with Crippen LogP contribution in [0.3, 0.4) is 0 Å². The fourth-order valence-corrected chi connectivity index (χ4v) is 3.21. The molecular formula is C18H25N7O. The molecule has 3 rings (SSSR count). The molecule has 2 aromatic rings. The van der Waals surface area contributed by atoms with E-state index in [4.69, 9.17) is 5.73 Å². The summed E-state index contributed by atoms with van der Waals surface area (Å²) in [6, 6.07) is 5.65. The highest BCUT2D eigenvalue weighted by Crippen LogP contribution is 2.18. The first kappa shape index (κ1) is 18.1. The van der Waals surface area contributed by atoms with Gasteiger partial charge in [0.1, 0.15) is 11.6 Å². The molecule has 1 fully saturated rings. The fourth-order valence-electron chi connectivity index (χ4n) is 3.21. The van der Waals surface area contributed by atoms with Gasteiger partial charge in [0.15, 0.2) is 0 Å². The van der Waals surface area contributed by atoms with E-state index in [1.165, 1.54) is 0 Å². The highest BCUT2D eigenvalue weighted by Gasteiger charge is 2.23. The van der Waals surface area contributed by atoms with Gasteiger partial charge in [-0.05, 0) is 44.5 Å². The number of amides is 2. The third kappa shape index (κ3) is 4.89. The van der Waals surface area contributed by atoms with Crippen LogP contribution < -0.4 is 11.1 Å². The summed E-state index contributed by atoms with van der Waals surface area (Å²) < 4.78 is 0. The molecule has 0 aromatic carbocycles. The second-order valence-corrected chi connectivity index (χ2v) is 6.56. The Morgan fingerprint density at radius 1 is 1.35 bits per heavy atom. The van der Waals surface area contributed by atoms with E-state index in [0.29, 0.717) is 24.1 Å². The number of nitrogens with one attached hydrogen (secondary N) is 1. The van der Waals surface area contributed by atoms with Crippen LogP contribution in [0.1, 0.15) is 25.1 Å². The van der Waals surface area contributed by atoms with Crippen molar-refractivity contribution in [2.24, 2.45) is 0 Å². The van der Waals surface area contributed by atoms with E-state index in [9.17, 15) is 4.79 Å². The molecule has 0 saturated carbocycles. The van der Waals surface area contributed by atoms with E-state index >= 15 is 0 Å². The standard InChI is InChI=1S/C18H25N7O/c1-24(13-17-21-9-6-16(19)23-17)15-5-3-10-25(11-7-15)18(26)22-14-4-2-8-20-12-14/h2,4,6,8-9,12,15H,3,5,7,10-11,13H2,1H3,(H,22,26)(H2,19,21,23)/t15-/m1/s1. The van der Waals surface area contributed by atoms with E-state index in [0.717, 1.165) is 38.2 Å². The number of urea groups is 1. The number of aromatic nitrogens is 3. The first-order valence-electron chi connectivity index (χ1n) is 8.85. The van der Waals surface area contributed by atoms with Crippen molar-refractivity contribution in [1.29, 1.82) is 0 Å². The van der Waals surface area contributed by atoms with Crippen molar-refractivity contribution in [3.8, 4) is 0 Å². The maximum absolute atomic E-state index is 12.5. The number of anilines is 2. The van der Waals surface area contributed by atoms with Gasteiger partial charge in [-0.15, -0.1) is 0 Å². The summed E-state index contributed by atoms with van der Waals surface area (Å²) in [4.78, 5) is 29.1. The Morgan fingerprint density at radius 2 is 2.23 bits per heavy atom. The SMILES string of the molecule is CN(Cc1nccc(N)n1)[C@@H]1CCCN(C(=O)Nc2cccnc2)CC1. The van der Waals surface area contributed by atoms with Crippen LogP contribution in [0.4, 0.5) is 16.3 Å². The third-order valence-electron chi connectivity index (χ3n) is 4.64. The van der Waals surface area contributed by atoms with Gasteiger partial charge in [0.2, 0.25) is 0 Å². The van der Waals surface area contributed by atoms with E-state index in [1.807, 2.05) is 11.0 Å². The molecular weight excluding hydrogens is 330 g/mol. The minimum atomic E-state index is -0.0690. The molecule has 1 aliphatic rings. The van der Waals surface area contributed by atoms with E-state index < -0.39 is 0 Å². The maximum atomic E-state index is 12.5. The number of nitrogen functional groups attached to an aromatic ring is 1. The van der Waals surface area contributed by atoms with Crippen molar-refractivity contribution < 1.29 is 4.79 Å². The molecule has 2 aromatic heterocycles. The molecule has 1 atom stereocenters. The molecule has 3 N–H and O–H groups in total. The summed E-state index contributed by atoms with van der Waals surface area (Å²) in [5.74, 6) is 1.21. The number of carbonyl (C=O) groups excluding carboxylic acids is 1. The number of nitrogens with zero attached hydrogens (tertiary/aromatic N) is 5. The van der Waals surface area contributed by atoms with Gasteiger partial charge in [-0.1, -0.05) is 0 Å². The fraction of sp³-hybridized carbons (Fsp3) is 0.444. The summed E-state index contributed by atoms with van der Waals surface area (Å²) in [5, 5.41) is 2.91.